The number of benzene rings is 1. The highest BCUT2D eigenvalue weighted by molar-refractivity contribution is 5.43. The van der Waals surface area contributed by atoms with E-state index >= 15 is 0 Å². The fourth-order valence-corrected chi connectivity index (χ4v) is 3.98. The average molecular weight is 405 g/mol. The van der Waals surface area contributed by atoms with Crippen molar-refractivity contribution in [2.45, 2.75) is 71.1 Å². The lowest BCUT2D eigenvalue weighted by molar-refractivity contribution is 0.153. The Kier molecular flexibility index (Phi) is 12.2. The number of hydrogen-bond acceptors (Lipinski definition) is 4. The molecule has 4 heteroatoms. The van der Waals surface area contributed by atoms with Crippen molar-refractivity contribution in [1.29, 1.82) is 0 Å². The first kappa shape index (κ1) is 24.0. The summed E-state index contributed by atoms with van der Waals surface area (Å²) < 4.78 is 11.6. The molecule has 29 heavy (non-hydrogen) atoms. The van der Waals surface area contributed by atoms with Crippen LogP contribution in [-0.4, -0.2) is 63.3 Å². The number of nitrogens with zero attached hydrogens (tertiary/aromatic N) is 2. The highest BCUT2D eigenvalue weighted by atomic mass is 16.5. The number of aryl methyl sites for hydroxylation is 1. The third-order valence-electron chi connectivity index (χ3n) is 6.02. The molecule has 2 rings (SSSR count). The van der Waals surface area contributed by atoms with Crippen LogP contribution in [0.15, 0.2) is 18.2 Å². The standard InChI is InChI=1S/C25H44N2O2/c1-4-5-6-7-8-9-10-11-21-29-24-15-14-23(22-25(24)28-3)13-12-16-27-19-17-26(2)18-20-27/h14-15,22H,4-13,16-21H2,1-3H3. The number of piperazine rings is 1. The molecule has 1 aromatic carbocycles. The summed E-state index contributed by atoms with van der Waals surface area (Å²) in [5.74, 6) is 1.76. The van der Waals surface area contributed by atoms with E-state index in [-0.39, 0.29) is 0 Å². The van der Waals surface area contributed by atoms with Gasteiger partial charge in [0.15, 0.2) is 11.5 Å². The number of likely N-dealkylation sites (N-methyl/N-ethyl adjacent to an activating group) is 1. The molecule has 4 nitrogen and oxygen atoms in total. The molecule has 1 heterocycles. The molecule has 1 aliphatic heterocycles. The molecule has 1 fully saturated rings. The highest BCUT2D eigenvalue weighted by Gasteiger charge is 2.13. The van der Waals surface area contributed by atoms with Gasteiger partial charge in [-0.3, -0.25) is 0 Å². The van der Waals surface area contributed by atoms with Gasteiger partial charge in [-0.2, -0.15) is 0 Å². The first-order valence-electron chi connectivity index (χ1n) is 11.9. The van der Waals surface area contributed by atoms with Crippen molar-refractivity contribution in [2.75, 3.05) is 53.5 Å². The number of rotatable bonds is 15. The van der Waals surface area contributed by atoms with E-state index in [2.05, 4.69) is 42.0 Å². The summed E-state index contributed by atoms with van der Waals surface area (Å²) in [6.45, 7) is 9.03. The fraction of sp³-hybridized carbons (Fsp3) is 0.760. The van der Waals surface area contributed by atoms with Crippen molar-refractivity contribution in [3.63, 3.8) is 0 Å². The van der Waals surface area contributed by atoms with Gasteiger partial charge in [0.25, 0.3) is 0 Å². The molecule has 0 saturated carbocycles. The molecule has 1 aromatic rings. The quantitative estimate of drug-likeness (QED) is 0.366. The van der Waals surface area contributed by atoms with Gasteiger partial charge in [-0.05, 0) is 50.6 Å². The Bertz CT molecular complexity index is 542. The van der Waals surface area contributed by atoms with Crippen molar-refractivity contribution in [3.05, 3.63) is 23.8 Å². The number of ether oxygens (including phenoxy) is 2. The number of hydrogen-bond donors (Lipinski definition) is 0. The second-order valence-corrected chi connectivity index (χ2v) is 8.56. The second-order valence-electron chi connectivity index (χ2n) is 8.56. The van der Waals surface area contributed by atoms with E-state index in [9.17, 15) is 0 Å². The van der Waals surface area contributed by atoms with Crippen molar-refractivity contribution in [1.82, 2.24) is 9.80 Å². The summed E-state index contributed by atoms with van der Waals surface area (Å²) in [6.07, 6.45) is 12.9. The third kappa shape index (κ3) is 9.86. The average Bonchev–Trinajstić information content (AvgIpc) is 2.74. The van der Waals surface area contributed by atoms with E-state index in [4.69, 9.17) is 9.47 Å². The van der Waals surface area contributed by atoms with E-state index in [0.29, 0.717) is 0 Å². The Morgan fingerprint density at radius 3 is 2.21 bits per heavy atom. The van der Waals surface area contributed by atoms with Crippen LogP contribution in [0.4, 0.5) is 0 Å². The Hall–Kier alpha value is -1.26. The molecule has 0 N–H and O–H groups in total. The summed E-state index contributed by atoms with van der Waals surface area (Å²) in [6, 6.07) is 6.46. The monoisotopic (exact) mass is 404 g/mol. The van der Waals surface area contributed by atoms with Crippen LogP contribution in [0, 0.1) is 0 Å². The predicted molar refractivity (Wildman–Crippen MR) is 123 cm³/mol. The van der Waals surface area contributed by atoms with Crippen LogP contribution < -0.4 is 9.47 Å². The van der Waals surface area contributed by atoms with Gasteiger partial charge in [-0.15, -0.1) is 0 Å². The van der Waals surface area contributed by atoms with Crippen LogP contribution in [0.25, 0.3) is 0 Å². The van der Waals surface area contributed by atoms with E-state index in [1.165, 1.54) is 89.7 Å². The Morgan fingerprint density at radius 2 is 1.52 bits per heavy atom. The lowest BCUT2D eigenvalue weighted by Crippen LogP contribution is -2.44. The van der Waals surface area contributed by atoms with Gasteiger partial charge in [0.2, 0.25) is 0 Å². The summed E-state index contributed by atoms with van der Waals surface area (Å²) in [5, 5.41) is 0. The van der Waals surface area contributed by atoms with Gasteiger partial charge < -0.3 is 19.3 Å². The SMILES string of the molecule is CCCCCCCCCCOc1ccc(CCCN2CCN(C)CC2)cc1OC. The van der Waals surface area contributed by atoms with Crippen LogP contribution in [0.5, 0.6) is 11.5 Å². The molecule has 1 saturated heterocycles. The van der Waals surface area contributed by atoms with Gasteiger partial charge >= 0.3 is 0 Å². The van der Waals surface area contributed by atoms with E-state index in [0.717, 1.165) is 30.9 Å². The van der Waals surface area contributed by atoms with Crippen molar-refractivity contribution in [3.8, 4) is 11.5 Å². The van der Waals surface area contributed by atoms with Gasteiger partial charge in [0, 0.05) is 26.2 Å². The van der Waals surface area contributed by atoms with Crippen LogP contribution in [-0.2, 0) is 6.42 Å². The maximum atomic E-state index is 6.00. The predicted octanol–water partition coefficient (Wildman–Crippen LogP) is 5.39. The zero-order valence-electron chi connectivity index (χ0n) is 19.3. The molecule has 0 amide bonds. The number of unbranched alkanes of at least 4 members (excludes halogenated alkanes) is 7. The molecular formula is C25H44N2O2. The lowest BCUT2D eigenvalue weighted by atomic mass is 10.1. The second kappa shape index (κ2) is 14.7. The highest BCUT2D eigenvalue weighted by Crippen LogP contribution is 2.29. The summed E-state index contributed by atoms with van der Waals surface area (Å²) in [7, 11) is 3.95. The molecule has 0 atom stereocenters. The zero-order valence-corrected chi connectivity index (χ0v) is 19.3. The molecule has 166 valence electrons. The first-order valence-corrected chi connectivity index (χ1v) is 11.9. The van der Waals surface area contributed by atoms with Crippen molar-refractivity contribution in [2.24, 2.45) is 0 Å². The molecule has 0 aromatic heterocycles. The summed E-state index contributed by atoms with van der Waals surface area (Å²) in [4.78, 5) is 4.99. The van der Waals surface area contributed by atoms with Crippen molar-refractivity contribution < 1.29 is 9.47 Å². The smallest absolute Gasteiger partial charge is 0.161 e. The van der Waals surface area contributed by atoms with E-state index < -0.39 is 0 Å². The molecule has 0 radical (unpaired) electrons. The van der Waals surface area contributed by atoms with Crippen LogP contribution in [0.2, 0.25) is 0 Å². The maximum absolute atomic E-state index is 6.00. The normalized spacial score (nSPS) is 15.6. The topological polar surface area (TPSA) is 24.9 Å². The minimum atomic E-state index is 0.786. The molecular weight excluding hydrogens is 360 g/mol. The number of methoxy groups -OCH3 is 1. The molecule has 0 unspecified atom stereocenters. The van der Waals surface area contributed by atoms with E-state index in [1.807, 2.05) is 0 Å². The zero-order chi connectivity index (χ0) is 20.7. The van der Waals surface area contributed by atoms with Crippen LogP contribution >= 0.6 is 0 Å². The molecule has 0 spiro atoms. The Morgan fingerprint density at radius 1 is 0.828 bits per heavy atom. The van der Waals surface area contributed by atoms with Gasteiger partial charge in [0.05, 0.1) is 13.7 Å². The lowest BCUT2D eigenvalue weighted by Gasteiger charge is -2.32. The Labute approximate surface area is 179 Å². The van der Waals surface area contributed by atoms with Gasteiger partial charge in [-0.1, -0.05) is 57.9 Å². The fourth-order valence-electron chi connectivity index (χ4n) is 3.98. The Balaban J connectivity index is 1.62. The molecule has 0 aliphatic carbocycles. The van der Waals surface area contributed by atoms with Crippen molar-refractivity contribution >= 4 is 0 Å². The summed E-state index contributed by atoms with van der Waals surface area (Å²) in [5.41, 5.74) is 1.34. The molecule has 1 aliphatic rings. The third-order valence-corrected chi connectivity index (χ3v) is 6.02. The minimum Gasteiger partial charge on any atom is -0.493 e. The molecule has 0 bridgehead atoms. The van der Waals surface area contributed by atoms with E-state index in [1.54, 1.807) is 7.11 Å². The van der Waals surface area contributed by atoms with Crippen LogP contribution in [0.3, 0.4) is 0 Å². The minimum absolute atomic E-state index is 0.786. The van der Waals surface area contributed by atoms with Crippen LogP contribution in [0.1, 0.15) is 70.3 Å². The van der Waals surface area contributed by atoms with Gasteiger partial charge in [-0.25, -0.2) is 0 Å². The summed E-state index contributed by atoms with van der Waals surface area (Å²) >= 11 is 0. The van der Waals surface area contributed by atoms with Gasteiger partial charge in [0.1, 0.15) is 0 Å². The first-order chi connectivity index (χ1) is 14.2. The largest absolute Gasteiger partial charge is 0.493 e. The maximum Gasteiger partial charge on any atom is 0.161 e.